The number of H-pyrrole nitrogens is 1. The summed E-state index contributed by atoms with van der Waals surface area (Å²) in [5.74, 6) is 0. The Morgan fingerprint density at radius 1 is 1.17 bits per heavy atom. The van der Waals surface area contributed by atoms with Crippen molar-refractivity contribution in [3.8, 4) is 0 Å². The fourth-order valence-corrected chi connectivity index (χ4v) is 5.85. The molecule has 0 amide bonds. The maximum atomic E-state index is 12.6. The number of hydrogen-bond acceptors (Lipinski definition) is 3. The molecule has 1 aliphatic heterocycles. The lowest BCUT2D eigenvalue weighted by Crippen LogP contribution is -2.34. The number of fused-ring (bicyclic) bond motifs is 1. The van der Waals surface area contributed by atoms with Gasteiger partial charge in [0, 0.05) is 35.2 Å². The summed E-state index contributed by atoms with van der Waals surface area (Å²) in [6, 6.07) is 11.7. The predicted octanol–water partition coefficient (Wildman–Crippen LogP) is 4.02. The highest BCUT2D eigenvalue weighted by Gasteiger charge is 2.28. The van der Waals surface area contributed by atoms with Crippen molar-refractivity contribution in [1.29, 1.82) is 0 Å². The largest absolute Gasteiger partial charge is 0.358 e. The van der Waals surface area contributed by atoms with Crippen LogP contribution in [0.3, 0.4) is 0 Å². The van der Waals surface area contributed by atoms with Crippen LogP contribution in [0.25, 0.3) is 16.5 Å². The van der Waals surface area contributed by atoms with Crippen LogP contribution in [0.5, 0.6) is 0 Å². The average molecular weight is 358 g/mol. The quantitative estimate of drug-likeness (QED) is 0.769. The van der Waals surface area contributed by atoms with Crippen LogP contribution in [0.2, 0.25) is 0 Å². The minimum atomic E-state index is -3.36. The summed E-state index contributed by atoms with van der Waals surface area (Å²) in [6.45, 7) is 3.02. The van der Waals surface area contributed by atoms with Crippen molar-refractivity contribution < 1.29 is 8.42 Å². The predicted molar refractivity (Wildman–Crippen MR) is 98.7 cm³/mol. The van der Waals surface area contributed by atoms with E-state index in [9.17, 15) is 8.42 Å². The van der Waals surface area contributed by atoms with E-state index in [0.717, 1.165) is 17.6 Å². The van der Waals surface area contributed by atoms with E-state index in [1.165, 1.54) is 27.9 Å². The Balaban J connectivity index is 1.67. The third-order valence-electron chi connectivity index (χ3n) is 4.48. The molecule has 6 heteroatoms. The van der Waals surface area contributed by atoms with E-state index in [0.29, 0.717) is 17.3 Å². The average Bonchev–Trinajstić information content (AvgIpc) is 3.22. The standard InChI is InChI=1S/C18H18N2O2S2/c1-13-18(15-5-2-3-6-16(15)19-13)14-8-10-20(11-9-14)24(21,22)17-7-4-12-23-17/h2-8,12,19H,9-11H2,1H3. The van der Waals surface area contributed by atoms with Crippen molar-refractivity contribution in [2.24, 2.45) is 0 Å². The number of nitrogens with zero attached hydrogens (tertiary/aromatic N) is 1. The summed E-state index contributed by atoms with van der Waals surface area (Å²) in [4.78, 5) is 3.42. The first-order valence-corrected chi connectivity index (χ1v) is 10.2. The number of nitrogens with one attached hydrogen (secondary N) is 1. The minimum absolute atomic E-state index is 0.419. The molecule has 3 aromatic rings. The van der Waals surface area contributed by atoms with Gasteiger partial charge in [-0.3, -0.25) is 0 Å². The summed E-state index contributed by atoms with van der Waals surface area (Å²) in [5.41, 5.74) is 4.71. The molecule has 1 aliphatic rings. The highest BCUT2D eigenvalue weighted by atomic mass is 32.2. The van der Waals surface area contributed by atoms with Gasteiger partial charge < -0.3 is 4.98 Å². The first-order valence-electron chi connectivity index (χ1n) is 7.88. The Labute approximate surface area is 145 Å². The molecule has 4 nitrogen and oxygen atoms in total. The van der Waals surface area contributed by atoms with Gasteiger partial charge in [0.15, 0.2) is 0 Å². The van der Waals surface area contributed by atoms with Gasteiger partial charge in [-0.2, -0.15) is 4.31 Å². The van der Waals surface area contributed by atoms with Gasteiger partial charge in [-0.25, -0.2) is 8.42 Å². The van der Waals surface area contributed by atoms with E-state index < -0.39 is 10.0 Å². The molecule has 0 unspecified atom stereocenters. The molecule has 0 bridgehead atoms. The lowest BCUT2D eigenvalue weighted by atomic mass is 9.97. The number of benzene rings is 1. The molecule has 0 fully saturated rings. The zero-order chi connectivity index (χ0) is 16.7. The van der Waals surface area contributed by atoms with Crippen molar-refractivity contribution in [3.05, 3.63) is 59.1 Å². The molecule has 1 N–H and O–H groups in total. The number of aryl methyl sites for hydroxylation is 1. The molecule has 4 rings (SSSR count). The Morgan fingerprint density at radius 3 is 2.71 bits per heavy atom. The van der Waals surface area contributed by atoms with Crippen molar-refractivity contribution in [3.63, 3.8) is 0 Å². The summed E-state index contributed by atoms with van der Waals surface area (Å²) >= 11 is 1.27. The van der Waals surface area contributed by atoms with Gasteiger partial charge in [0.05, 0.1) is 0 Å². The lowest BCUT2D eigenvalue weighted by molar-refractivity contribution is 0.443. The molecule has 0 saturated carbocycles. The first-order chi connectivity index (χ1) is 11.6. The minimum Gasteiger partial charge on any atom is -0.358 e. The van der Waals surface area contributed by atoms with Gasteiger partial charge in [0.1, 0.15) is 4.21 Å². The molecule has 2 aromatic heterocycles. The summed E-state index contributed by atoms with van der Waals surface area (Å²) in [5, 5.41) is 3.00. The molecule has 1 aromatic carbocycles. The number of hydrogen-bond donors (Lipinski definition) is 1. The van der Waals surface area contributed by atoms with Gasteiger partial charge in [-0.15, -0.1) is 11.3 Å². The van der Waals surface area contributed by atoms with E-state index in [-0.39, 0.29) is 0 Å². The number of para-hydroxylation sites is 1. The Kier molecular flexibility index (Phi) is 3.83. The van der Waals surface area contributed by atoms with E-state index in [1.807, 2.05) is 12.1 Å². The van der Waals surface area contributed by atoms with Crippen molar-refractivity contribution >= 4 is 37.8 Å². The monoisotopic (exact) mass is 358 g/mol. The highest BCUT2D eigenvalue weighted by molar-refractivity contribution is 7.91. The fraction of sp³-hybridized carbons (Fsp3) is 0.222. The van der Waals surface area contributed by atoms with E-state index >= 15 is 0 Å². The number of sulfonamides is 1. The van der Waals surface area contributed by atoms with Crippen LogP contribution < -0.4 is 0 Å². The van der Waals surface area contributed by atoms with Gasteiger partial charge in [-0.1, -0.05) is 30.3 Å². The normalized spacial score (nSPS) is 16.5. The Bertz CT molecular complexity index is 1010. The second-order valence-electron chi connectivity index (χ2n) is 5.95. The second-order valence-corrected chi connectivity index (χ2v) is 9.06. The fourth-order valence-electron chi connectivity index (χ4n) is 3.32. The van der Waals surface area contributed by atoms with E-state index in [2.05, 4.69) is 30.1 Å². The van der Waals surface area contributed by atoms with Crippen molar-refractivity contribution in [2.45, 2.75) is 17.6 Å². The van der Waals surface area contributed by atoms with Gasteiger partial charge in [-0.05, 0) is 36.4 Å². The molecule has 0 aliphatic carbocycles. The van der Waals surface area contributed by atoms with Crippen LogP contribution in [0.1, 0.15) is 17.7 Å². The van der Waals surface area contributed by atoms with E-state index in [1.54, 1.807) is 21.8 Å². The van der Waals surface area contributed by atoms with Crippen molar-refractivity contribution in [2.75, 3.05) is 13.1 Å². The van der Waals surface area contributed by atoms with E-state index in [4.69, 9.17) is 0 Å². The molecule has 0 radical (unpaired) electrons. The summed E-state index contributed by atoms with van der Waals surface area (Å²) < 4.78 is 27.2. The molecule has 24 heavy (non-hydrogen) atoms. The number of rotatable bonds is 3. The van der Waals surface area contributed by atoms with Gasteiger partial charge in [0.25, 0.3) is 10.0 Å². The SMILES string of the molecule is Cc1[nH]c2ccccc2c1C1=CCN(S(=O)(=O)c2cccs2)CC1. The third-order valence-corrected chi connectivity index (χ3v) is 7.71. The smallest absolute Gasteiger partial charge is 0.252 e. The summed E-state index contributed by atoms with van der Waals surface area (Å²) in [7, 11) is -3.36. The van der Waals surface area contributed by atoms with Gasteiger partial charge in [0.2, 0.25) is 0 Å². The van der Waals surface area contributed by atoms with Crippen LogP contribution in [-0.4, -0.2) is 30.8 Å². The summed E-state index contributed by atoms with van der Waals surface area (Å²) in [6.07, 6.45) is 2.78. The number of aromatic nitrogens is 1. The number of aromatic amines is 1. The Hall–Kier alpha value is -1.89. The Morgan fingerprint density at radius 2 is 2.00 bits per heavy atom. The van der Waals surface area contributed by atoms with Crippen LogP contribution >= 0.6 is 11.3 Å². The third kappa shape index (κ3) is 2.51. The zero-order valence-electron chi connectivity index (χ0n) is 13.3. The zero-order valence-corrected chi connectivity index (χ0v) is 15.0. The highest BCUT2D eigenvalue weighted by Crippen LogP contribution is 2.33. The van der Waals surface area contributed by atoms with Crippen LogP contribution in [0, 0.1) is 6.92 Å². The number of thiophene rings is 1. The van der Waals surface area contributed by atoms with Crippen LogP contribution in [0.4, 0.5) is 0 Å². The molecular formula is C18H18N2O2S2. The maximum absolute atomic E-state index is 12.6. The topological polar surface area (TPSA) is 53.2 Å². The molecule has 0 atom stereocenters. The molecular weight excluding hydrogens is 340 g/mol. The lowest BCUT2D eigenvalue weighted by Gasteiger charge is -2.25. The molecule has 0 saturated heterocycles. The first kappa shape index (κ1) is 15.6. The van der Waals surface area contributed by atoms with Crippen molar-refractivity contribution in [1.82, 2.24) is 9.29 Å². The molecule has 3 heterocycles. The molecule has 0 spiro atoms. The van der Waals surface area contributed by atoms with Crippen LogP contribution in [-0.2, 0) is 10.0 Å². The maximum Gasteiger partial charge on any atom is 0.252 e. The second kappa shape index (κ2) is 5.88. The molecule has 124 valence electrons. The van der Waals surface area contributed by atoms with Gasteiger partial charge >= 0.3 is 0 Å². The van der Waals surface area contributed by atoms with Crippen LogP contribution in [0.15, 0.2) is 52.1 Å².